The van der Waals surface area contributed by atoms with Gasteiger partial charge in [-0.1, -0.05) is 32.9 Å². The van der Waals surface area contributed by atoms with E-state index in [1.54, 1.807) is 0 Å². The summed E-state index contributed by atoms with van der Waals surface area (Å²) in [6, 6.07) is 6.07. The molecule has 0 bridgehead atoms. The highest BCUT2D eigenvalue weighted by Gasteiger charge is 2.39. The number of fused-ring (bicyclic) bond motifs is 1. The van der Waals surface area contributed by atoms with Crippen LogP contribution in [0.4, 0.5) is 0 Å². The van der Waals surface area contributed by atoms with Gasteiger partial charge in [-0.25, -0.2) is 0 Å². The van der Waals surface area contributed by atoms with Crippen LogP contribution >= 0.6 is 0 Å². The molecule has 0 radical (unpaired) electrons. The lowest BCUT2D eigenvalue weighted by molar-refractivity contribution is 0.180. The minimum atomic E-state index is -1.79. The van der Waals surface area contributed by atoms with Gasteiger partial charge in [-0.2, -0.15) is 0 Å². The molecular weight excluding hydrogens is 240 g/mol. The molecule has 1 aromatic rings. The first-order valence-electron chi connectivity index (χ1n) is 6.71. The summed E-state index contributed by atoms with van der Waals surface area (Å²) in [5.74, 6) is 0.996. The molecule has 0 spiro atoms. The van der Waals surface area contributed by atoms with Crippen LogP contribution in [0.2, 0.25) is 18.1 Å². The third-order valence-corrected chi connectivity index (χ3v) is 8.71. The monoisotopic (exact) mass is 264 g/mol. The number of rotatable bonds is 2. The van der Waals surface area contributed by atoms with E-state index in [2.05, 4.69) is 39.9 Å². The van der Waals surface area contributed by atoms with Crippen LogP contribution in [-0.4, -0.2) is 13.4 Å². The molecule has 18 heavy (non-hydrogen) atoms. The molecule has 1 aliphatic carbocycles. The van der Waals surface area contributed by atoms with Crippen LogP contribution in [0, 0.1) is 0 Å². The summed E-state index contributed by atoms with van der Waals surface area (Å²) in [5.41, 5.74) is 2.28. The minimum Gasteiger partial charge on any atom is -0.543 e. The average Bonchev–Trinajstić information content (AvgIpc) is 2.60. The molecule has 1 atom stereocenters. The molecule has 1 aromatic carbocycles. The SMILES string of the molecule is CC(C)(C)[Si](C)(C)Oc1cccc2c1CCC2O. The van der Waals surface area contributed by atoms with E-state index in [9.17, 15) is 5.11 Å². The normalized spacial score (nSPS) is 19.8. The zero-order valence-electron chi connectivity index (χ0n) is 12.1. The molecule has 0 heterocycles. The Kier molecular flexibility index (Phi) is 3.32. The summed E-state index contributed by atoms with van der Waals surface area (Å²) in [4.78, 5) is 0. The van der Waals surface area contributed by atoms with Crippen LogP contribution in [-0.2, 0) is 6.42 Å². The summed E-state index contributed by atoms with van der Waals surface area (Å²) in [6.07, 6.45) is 1.46. The van der Waals surface area contributed by atoms with E-state index in [1.807, 2.05) is 12.1 Å². The highest BCUT2D eigenvalue weighted by Crippen LogP contribution is 2.42. The number of benzene rings is 1. The standard InChI is InChI=1S/C15H24O2Si/c1-15(2,3)18(4,5)17-14-8-6-7-11-12(14)9-10-13(11)16/h6-8,13,16H,9-10H2,1-5H3. The summed E-state index contributed by atoms with van der Waals surface area (Å²) >= 11 is 0. The summed E-state index contributed by atoms with van der Waals surface area (Å²) < 4.78 is 6.39. The predicted molar refractivity (Wildman–Crippen MR) is 77.5 cm³/mol. The topological polar surface area (TPSA) is 29.5 Å². The molecule has 2 rings (SSSR count). The van der Waals surface area contributed by atoms with Crippen LogP contribution in [0.15, 0.2) is 18.2 Å². The maximum atomic E-state index is 9.92. The third-order valence-electron chi connectivity index (χ3n) is 4.37. The van der Waals surface area contributed by atoms with Crippen molar-refractivity contribution in [3.05, 3.63) is 29.3 Å². The molecular formula is C15H24O2Si. The van der Waals surface area contributed by atoms with Gasteiger partial charge < -0.3 is 9.53 Å². The van der Waals surface area contributed by atoms with Crippen molar-refractivity contribution in [3.63, 3.8) is 0 Å². The van der Waals surface area contributed by atoms with Gasteiger partial charge in [-0.3, -0.25) is 0 Å². The number of aliphatic hydroxyl groups excluding tert-OH is 1. The van der Waals surface area contributed by atoms with E-state index >= 15 is 0 Å². The minimum absolute atomic E-state index is 0.201. The van der Waals surface area contributed by atoms with Crippen LogP contribution in [0.25, 0.3) is 0 Å². The molecule has 0 fully saturated rings. The van der Waals surface area contributed by atoms with Crippen molar-refractivity contribution in [2.24, 2.45) is 0 Å². The van der Waals surface area contributed by atoms with Crippen LogP contribution in [0.5, 0.6) is 5.75 Å². The smallest absolute Gasteiger partial charge is 0.250 e. The van der Waals surface area contributed by atoms with Crippen molar-refractivity contribution in [1.82, 2.24) is 0 Å². The molecule has 1 N–H and O–H groups in total. The van der Waals surface area contributed by atoms with Crippen molar-refractivity contribution >= 4 is 8.32 Å². The molecule has 0 saturated carbocycles. The van der Waals surface area contributed by atoms with E-state index in [0.717, 1.165) is 24.2 Å². The van der Waals surface area contributed by atoms with Gasteiger partial charge in [0.25, 0.3) is 0 Å². The second kappa shape index (κ2) is 4.39. The Morgan fingerprint density at radius 2 is 1.94 bits per heavy atom. The Balaban J connectivity index is 2.32. The van der Waals surface area contributed by atoms with Crippen molar-refractivity contribution in [3.8, 4) is 5.75 Å². The average molecular weight is 264 g/mol. The Bertz CT molecular complexity index is 446. The molecule has 0 aliphatic heterocycles. The number of hydrogen-bond acceptors (Lipinski definition) is 2. The molecule has 100 valence electrons. The Morgan fingerprint density at radius 3 is 2.56 bits per heavy atom. The van der Waals surface area contributed by atoms with Crippen molar-refractivity contribution < 1.29 is 9.53 Å². The van der Waals surface area contributed by atoms with Gasteiger partial charge in [0.2, 0.25) is 8.32 Å². The first kappa shape index (κ1) is 13.6. The zero-order valence-corrected chi connectivity index (χ0v) is 13.1. The van der Waals surface area contributed by atoms with Gasteiger partial charge in [-0.05, 0) is 48.2 Å². The largest absolute Gasteiger partial charge is 0.543 e. The number of aliphatic hydroxyl groups is 1. The van der Waals surface area contributed by atoms with E-state index in [0.29, 0.717) is 0 Å². The second-order valence-corrected chi connectivity index (χ2v) is 11.5. The van der Waals surface area contributed by atoms with Gasteiger partial charge in [0.1, 0.15) is 5.75 Å². The first-order chi connectivity index (χ1) is 8.22. The Labute approximate surface area is 111 Å². The maximum absolute atomic E-state index is 9.92. The van der Waals surface area contributed by atoms with Crippen LogP contribution < -0.4 is 4.43 Å². The zero-order chi connectivity index (χ0) is 13.6. The molecule has 2 nitrogen and oxygen atoms in total. The predicted octanol–water partition coefficient (Wildman–Crippen LogP) is 4.05. The number of hydrogen-bond donors (Lipinski definition) is 1. The van der Waals surface area contributed by atoms with E-state index < -0.39 is 8.32 Å². The lowest BCUT2D eigenvalue weighted by Gasteiger charge is -2.37. The third kappa shape index (κ3) is 2.34. The molecule has 0 saturated heterocycles. The molecule has 0 amide bonds. The van der Waals surface area contributed by atoms with Crippen LogP contribution in [0.1, 0.15) is 44.4 Å². The summed E-state index contributed by atoms with van der Waals surface area (Å²) in [7, 11) is -1.79. The van der Waals surface area contributed by atoms with Gasteiger partial charge in [0.05, 0.1) is 6.10 Å². The molecule has 0 aromatic heterocycles. The lowest BCUT2D eigenvalue weighted by atomic mass is 10.1. The Morgan fingerprint density at radius 1 is 1.28 bits per heavy atom. The van der Waals surface area contributed by atoms with Gasteiger partial charge in [0.15, 0.2) is 0 Å². The molecule has 1 unspecified atom stereocenters. The lowest BCUT2D eigenvalue weighted by Crippen LogP contribution is -2.44. The fourth-order valence-corrected chi connectivity index (χ4v) is 3.17. The van der Waals surface area contributed by atoms with Crippen molar-refractivity contribution in [2.45, 2.75) is 57.8 Å². The second-order valence-electron chi connectivity index (χ2n) is 6.74. The maximum Gasteiger partial charge on any atom is 0.250 e. The van der Waals surface area contributed by atoms with Crippen LogP contribution in [0.3, 0.4) is 0 Å². The first-order valence-corrected chi connectivity index (χ1v) is 9.62. The highest BCUT2D eigenvalue weighted by molar-refractivity contribution is 6.74. The Hall–Kier alpha value is -0.803. The van der Waals surface area contributed by atoms with Gasteiger partial charge >= 0.3 is 0 Å². The molecule has 3 heteroatoms. The fraction of sp³-hybridized carbons (Fsp3) is 0.600. The van der Waals surface area contributed by atoms with E-state index in [1.165, 1.54) is 5.56 Å². The highest BCUT2D eigenvalue weighted by atomic mass is 28.4. The molecule has 1 aliphatic rings. The van der Waals surface area contributed by atoms with Crippen molar-refractivity contribution in [2.75, 3.05) is 0 Å². The quantitative estimate of drug-likeness (QED) is 0.817. The van der Waals surface area contributed by atoms with Gasteiger partial charge in [0, 0.05) is 0 Å². The van der Waals surface area contributed by atoms with Crippen molar-refractivity contribution in [1.29, 1.82) is 0 Å². The summed E-state index contributed by atoms with van der Waals surface area (Å²) in [6.45, 7) is 11.3. The fourth-order valence-electron chi connectivity index (χ4n) is 2.12. The van der Waals surface area contributed by atoms with E-state index in [4.69, 9.17) is 4.43 Å². The van der Waals surface area contributed by atoms with E-state index in [-0.39, 0.29) is 11.1 Å². The van der Waals surface area contributed by atoms with Gasteiger partial charge in [-0.15, -0.1) is 0 Å². The summed E-state index contributed by atoms with van der Waals surface area (Å²) in [5, 5.41) is 10.1.